The van der Waals surface area contributed by atoms with Gasteiger partial charge in [-0.15, -0.1) is 0 Å². The van der Waals surface area contributed by atoms with E-state index in [-0.39, 0.29) is 0 Å². The van der Waals surface area contributed by atoms with Gasteiger partial charge in [-0.25, -0.2) is 4.98 Å². The van der Waals surface area contributed by atoms with Gasteiger partial charge in [0.2, 0.25) is 5.28 Å². The lowest BCUT2D eigenvalue weighted by atomic mass is 10.0. The topological polar surface area (TPSA) is 41.4 Å². The first-order chi connectivity index (χ1) is 9.63. The maximum Gasteiger partial charge on any atom is 0.224 e. The number of anilines is 1. The molecule has 1 aromatic rings. The van der Waals surface area contributed by atoms with Gasteiger partial charge in [0.15, 0.2) is 5.82 Å². The summed E-state index contributed by atoms with van der Waals surface area (Å²) in [5.74, 6) is 2.12. The van der Waals surface area contributed by atoms with E-state index in [4.69, 9.17) is 11.6 Å². The molecule has 0 N–H and O–H groups in total. The predicted octanol–water partition coefficient (Wildman–Crippen LogP) is 3.87. The lowest BCUT2D eigenvalue weighted by molar-refractivity contribution is 0.518. The van der Waals surface area contributed by atoms with E-state index in [1.807, 2.05) is 0 Å². The Morgan fingerprint density at radius 2 is 2.10 bits per heavy atom. The van der Waals surface area contributed by atoms with Crippen LogP contribution in [-0.2, 0) is 0 Å². The van der Waals surface area contributed by atoms with E-state index in [2.05, 4.69) is 33.7 Å². The summed E-state index contributed by atoms with van der Waals surface area (Å²) in [5, 5.41) is 0.308. The monoisotopic (exact) mass is 292 g/mol. The Morgan fingerprint density at radius 1 is 1.35 bits per heavy atom. The van der Waals surface area contributed by atoms with Crippen molar-refractivity contribution in [2.75, 3.05) is 18.0 Å². The molecule has 0 aromatic carbocycles. The SMILES string of the molecule is CC1=Nc2cnc(Cl)nc2N(CC2CCCC2)CC1C. The largest absolute Gasteiger partial charge is 0.354 e. The van der Waals surface area contributed by atoms with Crippen LogP contribution in [0.1, 0.15) is 39.5 Å². The molecule has 20 heavy (non-hydrogen) atoms. The fraction of sp³-hybridized carbons (Fsp3) is 0.667. The molecule has 0 spiro atoms. The van der Waals surface area contributed by atoms with E-state index < -0.39 is 0 Å². The summed E-state index contributed by atoms with van der Waals surface area (Å²) in [4.78, 5) is 15.6. The molecule has 0 saturated heterocycles. The number of aromatic nitrogens is 2. The number of rotatable bonds is 2. The van der Waals surface area contributed by atoms with Crippen LogP contribution in [0.25, 0.3) is 0 Å². The highest BCUT2D eigenvalue weighted by molar-refractivity contribution is 6.28. The molecule has 1 aromatic heterocycles. The zero-order chi connectivity index (χ0) is 14.1. The first-order valence-corrected chi connectivity index (χ1v) is 7.84. The molecule has 0 bridgehead atoms. The highest BCUT2D eigenvalue weighted by atomic mass is 35.5. The second kappa shape index (κ2) is 5.68. The van der Waals surface area contributed by atoms with Crippen LogP contribution in [0.4, 0.5) is 11.5 Å². The fourth-order valence-electron chi connectivity index (χ4n) is 3.17. The lowest BCUT2D eigenvalue weighted by Gasteiger charge is -2.28. The second-order valence-electron chi connectivity index (χ2n) is 6.06. The molecule has 1 unspecified atom stereocenters. The second-order valence-corrected chi connectivity index (χ2v) is 6.40. The number of hydrogen-bond acceptors (Lipinski definition) is 4. The summed E-state index contributed by atoms with van der Waals surface area (Å²) >= 11 is 5.99. The summed E-state index contributed by atoms with van der Waals surface area (Å²) in [6, 6.07) is 0. The van der Waals surface area contributed by atoms with Gasteiger partial charge in [0.1, 0.15) is 5.69 Å². The van der Waals surface area contributed by atoms with Crippen molar-refractivity contribution in [3.05, 3.63) is 11.5 Å². The number of hydrogen-bond donors (Lipinski definition) is 0. The van der Waals surface area contributed by atoms with Gasteiger partial charge >= 0.3 is 0 Å². The van der Waals surface area contributed by atoms with Crippen molar-refractivity contribution >= 4 is 28.8 Å². The number of fused-ring (bicyclic) bond motifs is 1. The quantitative estimate of drug-likeness (QED) is 0.777. The summed E-state index contributed by atoms with van der Waals surface area (Å²) < 4.78 is 0. The summed E-state index contributed by atoms with van der Waals surface area (Å²) in [5.41, 5.74) is 2.00. The van der Waals surface area contributed by atoms with Crippen molar-refractivity contribution in [1.29, 1.82) is 0 Å². The van der Waals surface area contributed by atoms with Crippen LogP contribution >= 0.6 is 11.6 Å². The molecular formula is C15H21ClN4. The van der Waals surface area contributed by atoms with Gasteiger partial charge in [0.05, 0.1) is 6.20 Å². The van der Waals surface area contributed by atoms with Crippen LogP contribution in [0.3, 0.4) is 0 Å². The fourth-order valence-corrected chi connectivity index (χ4v) is 3.30. The minimum Gasteiger partial charge on any atom is -0.354 e. The third kappa shape index (κ3) is 2.80. The van der Waals surface area contributed by atoms with Crippen LogP contribution < -0.4 is 4.90 Å². The van der Waals surface area contributed by atoms with Crippen molar-refractivity contribution in [3.8, 4) is 0 Å². The van der Waals surface area contributed by atoms with Gasteiger partial charge < -0.3 is 4.90 Å². The Hall–Kier alpha value is -1.16. The molecule has 1 atom stereocenters. The number of nitrogens with zero attached hydrogens (tertiary/aromatic N) is 4. The lowest BCUT2D eigenvalue weighted by Crippen LogP contribution is -2.34. The number of halogens is 1. The van der Waals surface area contributed by atoms with E-state index >= 15 is 0 Å². The van der Waals surface area contributed by atoms with Gasteiger partial charge in [-0.2, -0.15) is 4.98 Å². The molecule has 3 rings (SSSR count). The molecule has 2 heterocycles. The van der Waals surface area contributed by atoms with Crippen LogP contribution in [0.5, 0.6) is 0 Å². The van der Waals surface area contributed by atoms with Crippen molar-refractivity contribution in [2.45, 2.75) is 39.5 Å². The Bertz CT molecular complexity index is 523. The Labute approximate surface area is 125 Å². The molecule has 1 fully saturated rings. The van der Waals surface area contributed by atoms with Crippen LogP contribution in [0.2, 0.25) is 5.28 Å². The minimum absolute atomic E-state index is 0.308. The van der Waals surface area contributed by atoms with Crippen molar-refractivity contribution in [3.63, 3.8) is 0 Å². The number of aliphatic imine (C=N–C) groups is 1. The minimum atomic E-state index is 0.308. The zero-order valence-corrected chi connectivity index (χ0v) is 12.9. The third-order valence-electron chi connectivity index (χ3n) is 4.48. The van der Waals surface area contributed by atoms with Crippen molar-refractivity contribution < 1.29 is 0 Å². The molecule has 1 aliphatic heterocycles. The van der Waals surface area contributed by atoms with Gasteiger partial charge in [-0.3, -0.25) is 4.99 Å². The molecule has 0 amide bonds. The molecule has 5 heteroatoms. The van der Waals surface area contributed by atoms with Gasteiger partial charge in [-0.1, -0.05) is 19.8 Å². The van der Waals surface area contributed by atoms with E-state index in [1.54, 1.807) is 6.20 Å². The average Bonchev–Trinajstić information content (AvgIpc) is 2.89. The summed E-state index contributed by atoms with van der Waals surface area (Å²) in [6.07, 6.45) is 7.13. The van der Waals surface area contributed by atoms with Crippen LogP contribution in [-0.4, -0.2) is 28.8 Å². The molecule has 1 aliphatic carbocycles. The maximum atomic E-state index is 5.99. The van der Waals surface area contributed by atoms with Crippen molar-refractivity contribution in [2.24, 2.45) is 16.8 Å². The highest BCUT2D eigenvalue weighted by Crippen LogP contribution is 2.34. The first kappa shape index (κ1) is 13.8. The van der Waals surface area contributed by atoms with E-state index in [0.29, 0.717) is 11.2 Å². The summed E-state index contributed by atoms with van der Waals surface area (Å²) in [7, 11) is 0. The van der Waals surface area contributed by atoms with E-state index in [0.717, 1.165) is 36.2 Å². The van der Waals surface area contributed by atoms with Crippen LogP contribution in [0, 0.1) is 11.8 Å². The van der Waals surface area contributed by atoms with Crippen LogP contribution in [0.15, 0.2) is 11.2 Å². The van der Waals surface area contributed by atoms with Gasteiger partial charge in [0.25, 0.3) is 0 Å². The smallest absolute Gasteiger partial charge is 0.224 e. The molecule has 108 valence electrons. The highest BCUT2D eigenvalue weighted by Gasteiger charge is 2.26. The van der Waals surface area contributed by atoms with Gasteiger partial charge in [0, 0.05) is 24.7 Å². The Balaban J connectivity index is 1.92. The van der Waals surface area contributed by atoms with Gasteiger partial charge in [-0.05, 0) is 37.3 Å². The van der Waals surface area contributed by atoms with E-state index in [9.17, 15) is 0 Å². The normalized spacial score (nSPS) is 23.4. The molecule has 0 radical (unpaired) electrons. The first-order valence-electron chi connectivity index (χ1n) is 7.46. The summed E-state index contributed by atoms with van der Waals surface area (Å²) in [6.45, 7) is 6.34. The zero-order valence-electron chi connectivity index (χ0n) is 12.1. The molecular weight excluding hydrogens is 272 g/mol. The third-order valence-corrected chi connectivity index (χ3v) is 4.66. The maximum absolute atomic E-state index is 5.99. The Morgan fingerprint density at radius 3 is 2.85 bits per heavy atom. The van der Waals surface area contributed by atoms with Crippen molar-refractivity contribution in [1.82, 2.24) is 9.97 Å². The molecule has 2 aliphatic rings. The average molecular weight is 293 g/mol. The van der Waals surface area contributed by atoms with E-state index in [1.165, 1.54) is 25.7 Å². The molecule has 1 saturated carbocycles. The molecule has 4 nitrogen and oxygen atoms in total. The predicted molar refractivity (Wildman–Crippen MR) is 83.1 cm³/mol. The standard InChI is InChI=1S/C15H21ClN4/c1-10-8-20(9-12-5-3-4-6-12)14-13(18-11(10)2)7-17-15(16)19-14/h7,10,12H,3-6,8-9H2,1-2H3. The Kier molecular flexibility index (Phi) is 3.92.